The number of pyridine rings is 1. The van der Waals surface area contributed by atoms with Gasteiger partial charge in [-0.1, -0.05) is 30.5 Å². The molecule has 2 aliphatic rings. The minimum Gasteiger partial charge on any atom is -0.340 e. The topological polar surface area (TPSA) is 58.3 Å². The molecule has 0 spiro atoms. The lowest BCUT2D eigenvalue weighted by molar-refractivity contribution is 0.0764. The van der Waals surface area contributed by atoms with Gasteiger partial charge in [-0.05, 0) is 49.8 Å². The SMILES string of the molecule is Cc1nc(CN(Cc2cccnc2)CC2CCCN(C3CCCCC3)C2)no1. The van der Waals surface area contributed by atoms with E-state index in [9.17, 15) is 0 Å². The van der Waals surface area contributed by atoms with Gasteiger partial charge in [0, 0.05) is 45.0 Å². The first-order valence-electron chi connectivity index (χ1n) is 10.9. The first-order valence-corrected chi connectivity index (χ1v) is 10.9. The lowest BCUT2D eigenvalue weighted by Crippen LogP contribution is -2.46. The maximum atomic E-state index is 5.19. The number of piperidine rings is 1. The second-order valence-corrected chi connectivity index (χ2v) is 8.56. The fourth-order valence-electron chi connectivity index (χ4n) is 4.93. The van der Waals surface area contributed by atoms with Crippen molar-refractivity contribution in [3.8, 4) is 0 Å². The van der Waals surface area contributed by atoms with E-state index in [0.29, 0.717) is 11.8 Å². The maximum absolute atomic E-state index is 5.19. The molecular weight excluding hydrogens is 350 g/mol. The summed E-state index contributed by atoms with van der Waals surface area (Å²) in [5.41, 5.74) is 1.24. The van der Waals surface area contributed by atoms with E-state index < -0.39 is 0 Å². The molecule has 1 saturated heterocycles. The Balaban J connectivity index is 1.40. The average molecular weight is 384 g/mol. The van der Waals surface area contributed by atoms with Crippen LogP contribution >= 0.6 is 0 Å². The highest BCUT2D eigenvalue weighted by atomic mass is 16.5. The summed E-state index contributed by atoms with van der Waals surface area (Å²) in [6.07, 6.45) is 13.5. The van der Waals surface area contributed by atoms with Gasteiger partial charge in [0.1, 0.15) is 0 Å². The van der Waals surface area contributed by atoms with E-state index in [1.54, 1.807) is 0 Å². The third-order valence-corrected chi connectivity index (χ3v) is 6.22. The molecule has 2 aromatic rings. The molecule has 28 heavy (non-hydrogen) atoms. The Morgan fingerprint density at radius 3 is 2.79 bits per heavy atom. The van der Waals surface area contributed by atoms with Crippen molar-refractivity contribution in [3.05, 3.63) is 41.8 Å². The predicted molar refractivity (Wildman–Crippen MR) is 109 cm³/mol. The summed E-state index contributed by atoms with van der Waals surface area (Å²) in [5, 5.41) is 4.12. The number of aromatic nitrogens is 3. The summed E-state index contributed by atoms with van der Waals surface area (Å²) in [4.78, 5) is 14.0. The van der Waals surface area contributed by atoms with Crippen molar-refractivity contribution >= 4 is 0 Å². The summed E-state index contributed by atoms with van der Waals surface area (Å²) < 4.78 is 5.19. The molecule has 3 heterocycles. The summed E-state index contributed by atoms with van der Waals surface area (Å²) in [6.45, 7) is 7.05. The van der Waals surface area contributed by atoms with Crippen LogP contribution in [-0.4, -0.2) is 50.6 Å². The van der Waals surface area contributed by atoms with Crippen LogP contribution in [0.4, 0.5) is 0 Å². The Labute approximate surface area is 168 Å². The fraction of sp³-hybridized carbons (Fsp3) is 0.682. The minimum atomic E-state index is 0.637. The highest BCUT2D eigenvalue weighted by Crippen LogP contribution is 2.28. The zero-order valence-corrected chi connectivity index (χ0v) is 17.1. The molecule has 1 aliphatic carbocycles. The van der Waals surface area contributed by atoms with E-state index in [2.05, 4.69) is 31.0 Å². The monoisotopic (exact) mass is 383 g/mol. The molecule has 152 valence electrons. The molecule has 1 saturated carbocycles. The number of aryl methyl sites for hydroxylation is 1. The second kappa shape index (κ2) is 9.61. The van der Waals surface area contributed by atoms with Crippen LogP contribution in [-0.2, 0) is 13.1 Å². The Hall–Kier alpha value is -1.79. The van der Waals surface area contributed by atoms with Crippen LogP contribution in [0.25, 0.3) is 0 Å². The second-order valence-electron chi connectivity index (χ2n) is 8.56. The van der Waals surface area contributed by atoms with Crippen LogP contribution in [0.1, 0.15) is 62.2 Å². The van der Waals surface area contributed by atoms with Crippen LogP contribution in [0.5, 0.6) is 0 Å². The number of hydrogen-bond donors (Lipinski definition) is 0. The summed E-state index contributed by atoms with van der Waals surface area (Å²) in [6, 6.07) is 4.98. The number of hydrogen-bond acceptors (Lipinski definition) is 6. The third-order valence-electron chi connectivity index (χ3n) is 6.22. The van der Waals surface area contributed by atoms with Gasteiger partial charge in [0.25, 0.3) is 0 Å². The standard InChI is InChI=1S/C22H33N5O/c1-18-24-22(25-28-18)17-26(14-19-7-5-11-23-13-19)15-20-8-6-12-27(16-20)21-9-3-2-4-10-21/h5,7,11,13,20-21H,2-4,6,8-10,12,14-17H2,1H3. The van der Waals surface area contributed by atoms with Gasteiger partial charge >= 0.3 is 0 Å². The molecule has 1 atom stereocenters. The zero-order valence-electron chi connectivity index (χ0n) is 17.1. The van der Waals surface area contributed by atoms with Crippen LogP contribution < -0.4 is 0 Å². The van der Waals surface area contributed by atoms with Gasteiger partial charge in [0.2, 0.25) is 5.89 Å². The van der Waals surface area contributed by atoms with E-state index in [0.717, 1.165) is 31.5 Å². The van der Waals surface area contributed by atoms with Crippen molar-refractivity contribution in [2.24, 2.45) is 5.92 Å². The van der Waals surface area contributed by atoms with E-state index in [-0.39, 0.29) is 0 Å². The Morgan fingerprint density at radius 1 is 1.14 bits per heavy atom. The fourth-order valence-corrected chi connectivity index (χ4v) is 4.93. The summed E-state index contributed by atoms with van der Waals surface area (Å²) in [5.74, 6) is 2.12. The molecular formula is C22H33N5O. The molecule has 0 N–H and O–H groups in total. The molecule has 1 unspecified atom stereocenters. The Bertz CT molecular complexity index is 713. The van der Waals surface area contributed by atoms with Crippen molar-refractivity contribution in [2.45, 2.75) is 71.0 Å². The van der Waals surface area contributed by atoms with E-state index in [1.807, 2.05) is 25.4 Å². The van der Waals surface area contributed by atoms with Crippen molar-refractivity contribution in [2.75, 3.05) is 19.6 Å². The van der Waals surface area contributed by atoms with E-state index >= 15 is 0 Å². The Kier molecular flexibility index (Phi) is 6.70. The first-order chi connectivity index (χ1) is 13.8. The Morgan fingerprint density at radius 2 is 2.04 bits per heavy atom. The normalized spacial score (nSPS) is 22.0. The number of nitrogens with zero attached hydrogens (tertiary/aromatic N) is 5. The molecule has 0 bridgehead atoms. The largest absolute Gasteiger partial charge is 0.340 e. The highest BCUT2D eigenvalue weighted by molar-refractivity contribution is 5.08. The van der Waals surface area contributed by atoms with Crippen molar-refractivity contribution < 1.29 is 4.52 Å². The van der Waals surface area contributed by atoms with Gasteiger partial charge in [-0.2, -0.15) is 4.98 Å². The van der Waals surface area contributed by atoms with Crippen LogP contribution in [0.2, 0.25) is 0 Å². The first kappa shape index (κ1) is 19.5. The average Bonchev–Trinajstić information content (AvgIpc) is 3.14. The van der Waals surface area contributed by atoms with Crippen molar-refractivity contribution in [3.63, 3.8) is 0 Å². The molecule has 6 heteroatoms. The van der Waals surface area contributed by atoms with Gasteiger partial charge in [-0.3, -0.25) is 9.88 Å². The lowest BCUT2D eigenvalue weighted by Gasteiger charge is -2.41. The van der Waals surface area contributed by atoms with E-state index in [1.165, 1.54) is 63.6 Å². The van der Waals surface area contributed by atoms with Crippen molar-refractivity contribution in [1.82, 2.24) is 24.9 Å². The highest BCUT2D eigenvalue weighted by Gasteiger charge is 2.28. The smallest absolute Gasteiger partial charge is 0.223 e. The van der Waals surface area contributed by atoms with Crippen LogP contribution in [0, 0.1) is 12.8 Å². The molecule has 6 nitrogen and oxygen atoms in total. The summed E-state index contributed by atoms with van der Waals surface area (Å²) in [7, 11) is 0. The van der Waals surface area contributed by atoms with Crippen LogP contribution in [0.3, 0.4) is 0 Å². The minimum absolute atomic E-state index is 0.637. The maximum Gasteiger partial charge on any atom is 0.223 e. The van der Waals surface area contributed by atoms with E-state index in [4.69, 9.17) is 4.52 Å². The van der Waals surface area contributed by atoms with Crippen molar-refractivity contribution in [1.29, 1.82) is 0 Å². The number of likely N-dealkylation sites (tertiary alicyclic amines) is 1. The molecule has 0 amide bonds. The molecule has 0 radical (unpaired) electrons. The predicted octanol–water partition coefficient (Wildman–Crippen LogP) is 3.82. The van der Waals surface area contributed by atoms with Crippen LogP contribution in [0.15, 0.2) is 29.0 Å². The number of rotatable bonds is 7. The quantitative estimate of drug-likeness (QED) is 0.724. The van der Waals surface area contributed by atoms with Gasteiger partial charge in [0.15, 0.2) is 5.82 Å². The van der Waals surface area contributed by atoms with Gasteiger partial charge in [-0.25, -0.2) is 0 Å². The van der Waals surface area contributed by atoms with Gasteiger partial charge in [0.05, 0.1) is 6.54 Å². The zero-order chi connectivity index (χ0) is 19.2. The molecule has 2 aromatic heterocycles. The molecule has 2 fully saturated rings. The lowest BCUT2D eigenvalue weighted by atomic mass is 9.90. The van der Waals surface area contributed by atoms with Gasteiger partial charge in [-0.15, -0.1) is 0 Å². The molecule has 4 rings (SSSR count). The molecule has 1 aliphatic heterocycles. The summed E-state index contributed by atoms with van der Waals surface area (Å²) >= 11 is 0. The molecule has 0 aromatic carbocycles. The third kappa shape index (κ3) is 5.39. The van der Waals surface area contributed by atoms with Gasteiger partial charge < -0.3 is 9.42 Å².